The summed E-state index contributed by atoms with van der Waals surface area (Å²) in [4.78, 5) is 1.39. The highest BCUT2D eigenvalue weighted by Gasteiger charge is 2.11. The SMILES string of the molecule is Cc1cccc(SCC(CBr)C(C)C)c1. The molecule has 1 unspecified atom stereocenters. The van der Waals surface area contributed by atoms with Gasteiger partial charge in [0.2, 0.25) is 0 Å². The van der Waals surface area contributed by atoms with E-state index >= 15 is 0 Å². The molecule has 1 aromatic rings. The largest absolute Gasteiger partial charge is 0.126 e. The third-order valence-corrected chi connectivity index (χ3v) is 4.61. The molecular formula is C13H19BrS. The van der Waals surface area contributed by atoms with Crippen molar-refractivity contribution in [3.05, 3.63) is 29.8 Å². The number of hydrogen-bond donors (Lipinski definition) is 0. The van der Waals surface area contributed by atoms with Crippen molar-refractivity contribution in [2.45, 2.75) is 25.7 Å². The summed E-state index contributed by atoms with van der Waals surface area (Å²) in [5, 5.41) is 1.10. The van der Waals surface area contributed by atoms with E-state index in [1.165, 1.54) is 16.2 Å². The predicted molar refractivity (Wildman–Crippen MR) is 74.0 cm³/mol. The molecule has 0 saturated carbocycles. The zero-order valence-corrected chi connectivity index (χ0v) is 12.1. The molecule has 0 aliphatic rings. The fourth-order valence-electron chi connectivity index (χ4n) is 1.32. The monoisotopic (exact) mass is 286 g/mol. The highest BCUT2D eigenvalue weighted by atomic mass is 79.9. The van der Waals surface area contributed by atoms with Gasteiger partial charge in [-0.3, -0.25) is 0 Å². The van der Waals surface area contributed by atoms with Gasteiger partial charge in [0, 0.05) is 16.0 Å². The van der Waals surface area contributed by atoms with E-state index in [4.69, 9.17) is 0 Å². The number of benzene rings is 1. The van der Waals surface area contributed by atoms with Crippen molar-refractivity contribution in [1.29, 1.82) is 0 Å². The average molecular weight is 287 g/mol. The van der Waals surface area contributed by atoms with Gasteiger partial charge in [-0.05, 0) is 30.9 Å². The average Bonchev–Trinajstić information content (AvgIpc) is 2.18. The van der Waals surface area contributed by atoms with E-state index in [0.717, 1.165) is 17.2 Å². The second-order valence-electron chi connectivity index (χ2n) is 4.29. The molecule has 0 nitrogen and oxygen atoms in total. The standard InChI is InChI=1S/C13H19BrS/c1-10(2)12(8-14)9-15-13-6-4-5-11(3)7-13/h4-7,10,12H,8-9H2,1-3H3. The van der Waals surface area contributed by atoms with Gasteiger partial charge in [0.1, 0.15) is 0 Å². The summed E-state index contributed by atoms with van der Waals surface area (Å²) in [7, 11) is 0. The van der Waals surface area contributed by atoms with Crippen molar-refractivity contribution in [3.8, 4) is 0 Å². The van der Waals surface area contributed by atoms with Crippen LogP contribution in [-0.4, -0.2) is 11.1 Å². The maximum Gasteiger partial charge on any atom is 0.00746 e. The van der Waals surface area contributed by atoms with Gasteiger partial charge >= 0.3 is 0 Å². The summed E-state index contributed by atoms with van der Waals surface area (Å²) < 4.78 is 0. The maximum atomic E-state index is 3.59. The van der Waals surface area contributed by atoms with Crippen LogP contribution in [0, 0.1) is 18.8 Å². The lowest BCUT2D eigenvalue weighted by Crippen LogP contribution is -2.12. The molecule has 0 fully saturated rings. The minimum Gasteiger partial charge on any atom is -0.126 e. The molecule has 0 aliphatic heterocycles. The Balaban J connectivity index is 2.49. The minimum atomic E-state index is 0.752. The summed E-state index contributed by atoms with van der Waals surface area (Å²) in [6.07, 6.45) is 0. The Hall–Kier alpha value is 0.0500. The molecule has 0 spiro atoms. The van der Waals surface area contributed by atoms with Crippen LogP contribution in [0.2, 0.25) is 0 Å². The molecule has 84 valence electrons. The van der Waals surface area contributed by atoms with Crippen LogP contribution < -0.4 is 0 Å². The number of alkyl halides is 1. The second-order valence-corrected chi connectivity index (χ2v) is 6.03. The first-order chi connectivity index (χ1) is 7.13. The van der Waals surface area contributed by atoms with E-state index in [1.807, 2.05) is 11.8 Å². The van der Waals surface area contributed by atoms with Gasteiger partial charge in [-0.2, -0.15) is 0 Å². The van der Waals surface area contributed by atoms with Gasteiger partial charge in [-0.1, -0.05) is 47.5 Å². The molecule has 0 bridgehead atoms. The number of rotatable bonds is 5. The van der Waals surface area contributed by atoms with Crippen LogP contribution in [0.4, 0.5) is 0 Å². The third-order valence-electron chi connectivity index (χ3n) is 2.59. The van der Waals surface area contributed by atoms with E-state index in [1.54, 1.807) is 0 Å². The quantitative estimate of drug-likeness (QED) is 0.556. The lowest BCUT2D eigenvalue weighted by Gasteiger charge is -2.17. The molecule has 0 aromatic heterocycles. The van der Waals surface area contributed by atoms with Crippen molar-refractivity contribution >= 4 is 27.7 Å². The van der Waals surface area contributed by atoms with E-state index in [9.17, 15) is 0 Å². The Morgan fingerprint density at radius 2 is 2.07 bits per heavy atom. The van der Waals surface area contributed by atoms with Crippen LogP contribution >= 0.6 is 27.7 Å². The topological polar surface area (TPSA) is 0 Å². The zero-order valence-electron chi connectivity index (χ0n) is 9.66. The lowest BCUT2D eigenvalue weighted by molar-refractivity contribution is 0.474. The second kappa shape index (κ2) is 6.59. The van der Waals surface area contributed by atoms with Crippen molar-refractivity contribution < 1.29 is 0 Å². The van der Waals surface area contributed by atoms with E-state index in [0.29, 0.717) is 0 Å². The summed E-state index contributed by atoms with van der Waals surface area (Å²) in [6, 6.07) is 8.74. The molecule has 1 aromatic carbocycles. The lowest BCUT2D eigenvalue weighted by atomic mass is 10.0. The van der Waals surface area contributed by atoms with Gasteiger partial charge in [-0.15, -0.1) is 11.8 Å². The zero-order chi connectivity index (χ0) is 11.3. The highest BCUT2D eigenvalue weighted by molar-refractivity contribution is 9.09. The summed E-state index contributed by atoms with van der Waals surface area (Å²) in [6.45, 7) is 6.74. The van der Waals surface area contributed by atoms with Crippen LogP contribution in [0.1, 0.15) is 19.4 Å². The van der Waals surface area contributed by atoms with Crippen LogP contribution in [0.5, 0.6) is 0 Å². The van der Waals surface area contributed by atoms with Crippen molar-refractivity contribution in [2.24, 2.45) is 11.8 Å². The van der Waals surface area contributed by atoms with E-state index in [2.05, 4.69) is 61.0 Å². The molecule has 0 aliphatic carbocycles. The molecule has 2 heteroatoms. The summed E-state index contributed by atoms with van der Waals surface area (Å²) >= 11 is 5.56. The van der Waals surface area contributed by atoms with Gasteiger partial charge in [0.25, 0.3) is 0 Å². The molecule has 0 amide bonds. The van der Waals surface area contributed by atoms with Crippen molar-refractivity contribution in [2.75, 3.05) is 11.1 Å². The molecule has 1 rings (SSSR count). The Morgan fingerprint density at radius 1 is 1.33 bits per heavy atom. The minimum absolute atomic E-state index is 0.752. The van der Waals surface area contributed by atoms with Gasteiger partial charge in [-0.25, -0.2) is 0 Å². The molecular weight excluding hydrogens is 268 g/mol. The Kier molecular flexibility index (Phi) is 5.77. The normalized spacial score (nSPS) is 13.1. The highest BCUT2D eigenvalue weighted by Crippen LogP contribution is 2.25. The van der Waals surface area contributed by atoms with Crippen LogP contribution in [-0.2, 0) is 0 Å². The van der Waals surface area contributed by atoms with Gasteiger partial charge in [0.15, 0.2) is 0 Å². The van der Waals surface area contributed by atoms with Crippen LogP contribution in [0.15, 0.2) is 29.2 Å². The smallest absolute Gasteiger partial charge is 0.00746 e. The first kappa shape index (κ1) is 13.1. The fraction of sp³-hybridized carbons (Fsp3) is 0.538. The predicted octanol–water partition coefficient (Wildman–Crippen LogP) is 4.75. The maximum absolute atomic E-state index is 3.59. The van der Waals surface area contributed by atoms with Crippen molar-refractivity contribution in [1.82, 2.24) is 0 Å². The third kappa shape index (κ3) is 4.60. The van der Waals surface area contributed by atoms with E-state index < -0.39 is 0 Å². The van der Waals surface area contributed by atoms with Crippen LogP contribution in [0.25, 0.3) is 0 Å². The number of hydrogen-bond acceptors (Lipinski definition) is 1. The van der Waals surface area contributed by atoms with E-state index in [-0.39, 0.29) is 0 Å². The molecule has 0 saturated heterocycles. The van der Waals surface area contributed by atoms with Gasteiger partial charge < -0.3 is 0 Å². The molecule has 0 heterocycles. The summed E-state index contributed by atoms with van der Waals surface area (Å²) in [5.74, 6) is 2.71. The van der Waals surface area contributed by atoms with Crippen LogP contribution in [0.3, 0.4) is 0 Å². The molecule has 1 atom stereocenters. The number of thioether (sulfide) groups is 1. The Bertz CT molecular complexity index is 296. The first-order valence-electron chi connectivity index (χ1n) is 5.39. The first-order valence-corrected chi connectivity index (χ1v) is 7.49. The Labute approximate surface area is 106 Å². The molecule has 0 radical (unpaired) electrons. The molecule has 0 N–H and O–H groups in total. The Morgan fingerprint density at radius 3 is 2.60 bits per heavy atom. The fourth-order valence-corrected chi connectivity index (χ4v) is 3.96. The van der Waals surface area contributed by atoms with Crippen molar-refractivity contribution in [3.63, 3.8) is 0 Å². The number of aryl methyl sites for hydroxylation is 1. The van der Waals surface area contributed by atoms with Gasteiger partial charge in [0.05, 0.1) is 0 Å². The molecule has 15 heavy (non-hydrogen) atoms. The summed E-state index contributed by atoms with van der Waals surface area (Å²) in [5.41, 5.74) is 1.35. The number of halogens is 1.